The monoisotopic (exact) mass is 253 g/mol. The van der Waals surface area contributed by atoms with Crippen LogP contribution in [0, 0.1) is 0 Å². The quantitative estimate of drug-likeness (QED) is 0.618. The Labute approximate surface area is 113 Å². The summed E-state index contributed by atoms with van der Waals surface area (Å²) in [7, 11) is 1.57. The van der Waals surface area contributed by atoms with Crippen molar-refractivity contribution in [3.8, 4) is 0 Å². The molecule has 0 atom stereocenters. The van der Waals surface area contributed by atoms with Crippen molar-refractivity contribution in [2.75, 3.05) is 7.05 Å². The zero-order valence-electron chi connectivity index (χ0n) is 13.1. The van der Waals surface area contributed by atoms with E-state index >= 15 is 0 Å². The molecule has 1 aliphatic rings. The SMILES string of the molecule is C/C=C/C(=C\NC)B1OC(C)(C)C(C)(C)O1.CC. The summed E-state index contributed by atoms with van der Waals surface area (Å²) in [4.78, 5) is 0. The van der Waals surface area contributed by atoms with Crippen molar-refractivity contribution in [2.24, 2.45) is 0 Å². The highest BCUT2D eigenvalue weighted by Crippen LogP contribution is 2.38. The highest BCUT2D eigenvalue weighted by molar-refractivity contribution is 6.55. The minimum atomic E-state index is -0.298. The van der Waals surface area contributed by atoms with Crippen LogP contribution in [0.5, 0.6) is 0 Å². The van der Waals surface area contributed by atoms with E-state index in [1.54, 1.807) is 0 Å². The lowest BCUT2D eigenvalue weighted by Gasteiger charge is -2.32. The minimum absolute atomic E-state index is 0.286. The number of nitrogens with one attached hydrogen (secondary N) is 1. The number of allylic oxidation sites excluding steroid dienone is 3. The minimum Gasteiger partial charge on any atom is -0.399 e. The Hall–Kier alpha value is -0.735. The van der Waals surface area contributed by atoms with Gasteiger partial charge in [0.1, 0.15) is 0 Å². The van der Waals surface area contributed by atoms with Gasteiger partial charge in [-0.05, 0) is 46.3 Å². The molecule has 1 aliphatic heterocycles. The number of hydrogen-bond donors (Lipinski definition) is 1. The molecule has 0 radical (unpaired) electrons. The van der Waals surface area contributed by atoms with E-state index in [1.165, 1.54) is 0 Å². The van der Waals surface area contributed by atoms with E-state index in [-0.39, 0.29) is 18.3 Å². The van der Waals surface area contributed by atoms with E-state index in [2.05, 4.69) is 33.0 Å². The van der Waals surface area contributed by atoms with E-state index in [0.29, 0.717) is 0 Å². The molecular weight excluding hydrogens is 225 g/mol. The van der Waals surface area contributed by atoms with E-state index in [0.717, 1.165) is 5.47 Å². The second-order valence-electron chi connectivity index (χ2n) is 5.02. The Bertz CT molecular complexity index is 293. The van der Waals surface area contributed by atoms with Crippen LogP contribution < -0.4 is 5.32 Å². The third kappa shape index (κ3) is 3.89. The van der Waals surface area contributed by atoms with Gasteiger partial charge in [-0.15, -0.1) is 0 Å². The third-order valence-electron chi connectivity index (χ3n) is 3.20. The van der Waals surface area contributed by atoms with Gasteiger partial charge in [0.25, 0.3) is 0 Å². The van der Waals surface area contributed by atoms with Gasteiger partial charge in [0.15, 0.2) is 0 Å². The molecule has 0 amide bonds. The molecule has 4 heteroatoms. The van der Waals surface area contributed by atoms with Crippen LogP contribution in [-0.4, -0.2) is 25.4 Å². The van der Waals surface area contributed by atoms with Gasteiger partial charge < -0.3 is 14.6 Å². The normalized spacial score (nSPS) is 21.8. The fourth-order valence-electron chi connectivity index (χ4n) is 1.53. The summed E-state index contributed by atoms with van der Waals surface area (Å²) in [5.41, 5.74) is 0.432. The maximum atomic E-state index is 5.95. The fourth-order valence-corrected chi connectivity index (χ4v) is 1.53. The average Bonchev–Trinajstić information content (AvgIpc) is 2.51. The van der Waals surface area contributed by atoms with Gasteiger partial charge >= 0.3 is 7.12 Å². The molecule has 104 valence electrons. The Balaban J connectivity index is 0.00000137. The van der Waals surface area contributed by atoms with Crippen molar-refractivity contribution in [1.82, 2.24) is 5.32 Å². The second kappa shape index (κ2) is 7.00. The molecule has 1 saturated heterocycles. The van der Waals surface area contributed by atoms with Crippen LogP contribution in [0.15, 0.2) is 23.8 Å². The van der Waals surface area contributed by atoms with Crippen LogP contribution >= 0.6 is 0 Å². The molecule has 0 bridgehead atoms. The predicted molar refractivity (Wildman–Crippen MR) is 79.4 cm³/mol. The second-order valence-corrected chi connectivity index (χ2v) is 5.02. The molecular formula is C14H28BNO2. The zero-order chi connectivity index (χ0) is 14.4. The predicted octanol–water partition coefficient (Wildman–Crippen LogP) is 3.32. The molecule has 1 heterocycles. The topological polar surface area (TPSA) is 30.5 Å². The first-order chi connectivity index (χ1) is 8.34. The number of rotatable bonds is 3. The smallest absolute Gasteiger partial charge is 0.399 e. The van der Waals surface area contributed by atoms with Gasteiger partial charge in [-0.25, -0.2) is 0 Å². The molecule has 0 unspecified atom stereocenters. The van der Waals surface area contributed by atoms with Crippen LogP contribution in [0.4, 0.5) is 0 Å². The molecule has 0 saturated carbocycles. The summed E-state index contributed by atoms with van der Waals surface area (Å²) in [5.74, 6) is 0. The molecule has 18 heavy (non-hydrogen) atoms. The van der Waals surface area contributed by atoms with Crippen molar-refractivity contribution < 1.29 is 9.31 Å². The first kappa shape index (κ1) is 17.3. The van der Waals surface area contributed by atoms with Gasteiger partial charge in [0.2, 0.25) is 0 Å². The largest absolute Gasteiger partial charge is 0.496 e. The zero-order valence-corrected chi connectivity index (χ0v) is 13.1. The molecule has 0 aromatic rings. The van der Waals surface area contributed by atoms with Gasteiger partial charge in [-0.1, -0.05) is 26.0 Å². The lowest BCUT2D eigenvalue weighted by molar-refractivity contribution is 0.00578. The van der Waals surface area contributed by atoms with Crippen molar-refractivity contribution in [2.45, 2.75) is 59.7 Å². The summed E-state index contributed by atoms with van der Waals surface area (Å²) in [6.45, 7) is 14.2. The Morgan fingerprint density at radius 3 is 1.83 bits per heavy atom. The maximum absolute atomic E-state index is 5.95. The maximum Gasteiger partial charge on any atom is 0.496 e. The van der Waals surface area contributed by atoms with E-state index in [4.69, 9.17) is 9.31 Å². The third-order valence-corrected chi connectivity index (χ3v) is 3.20. The lowest BCUT2D eigenvalue weighted by Crippen LogP contribution is -2.41. The van der Waals surface area contributed by atoms with E-state index in [9.17, 15) is 0 Å². The fraction of sp³-hybridized carbons (Fsp3) is 0.714. The molecule has 1 fully saturated rings. The molecule has 0 spiro atoms. The van der Waals surface area contributed by atoms with E-state index in [1.807, 2.05) is 46.2 Å². The molecule has 1 N–H and O–H groups in total. The van der Waals surface area contributed by atoms with Crippen LogP contribution in [0.1, 0.15) is 48.5 Å². The van der Waals surface area contributed by atoms with Crippen LogP contribution in [0.2, 0.25) is 0 Å². The Morgan fingerprint density at radius 2 is 1.50 bits per heavy atom. The Morgan fingerprint density at radius 1 is 1.06 bits per heavy atom. The standard InChI is InChI=1S/C12H22BNO2.C2H6/c1-7-8-10(9-14-6)13-15-11(2,3)12(4,5)16-13;1-2/h7-9,14H,1-6H3;1-2H3/b8-7+,10-9+;. The van der Waals surface area contributed by atoms with Crippen molar-refractivity contribution >= 4 is 7.12 Å². The number of hydrogen-bond acceptors (Lipinski definition) is 3. The average molecular weight is 253 g/mol. The van der Waals surface area contributed by atoms with Gasteiger partial charge in [-0.2, -0.15) is 0 Å². The molecule has 1 rings (SSSR count). The van der Waals surface area contributed by atoms with Crippen LogP contribution in [0.25, 0.3) is 0 Å². The van der Waals surface area contributed by atoms with E-state index < -0.39 is 0 Å². The van der Waals surface area contributed by atoms with Gasteiger partial charge in [0, 0.05) is 7.05 Å². The summed E-state index contributed by atoms with van der Waals surface area (Å²) < 4.78 is 11.9. The van der Waals surface area contributed by atoms with Gasteiger partial charge in [0.05, 0.1) is 11.2 Å². The summed E-state index contributed by atoms with van der Waals surface area (Å²) >= 11 is 0. The van der Waals surface area contributed by atoms with Crippen LogP contribution in [0.3, 0.4) is 0 Å². The first-order valence-corrected chi connectivity index (χ1v) is 6.70. The molecule has 0 aliphatic carbocycles. The molecule has 3 nitrogen and oxygen atoms in total. The molecule has 0 aromatic carbocycles. The summed E-state index contributed by atoms with van der Waals surface area (Å²) in [6, 6.07) is 0. The van der Waals surface area contributed by atoms with Crippen LogP contribution in [-0.2, 0) is 9.31 Å². The van der Waals surface area contributed by atoms with Crippen molar-refractivity contribution in [3.05, 3.63) is 23.8 Å². The Kier molecular flexibility index (Phi) is 6.72. The summed E-state index contributed by atoms with van der Waals surface area (Å²) in [5, 5.41) is 3.01. The highest BCUT2D eigenvalue weighted by atomic mass is 16.7. The molecule has 0 aromatic heterocycles. The lowest BCUT2D eigenvalue weighted by atomic mass is 9.78. The van der Waals surface area contributed by atoms with Crippen molar-refractivity contribution in [3.63, 3.8) is 0 Å². The van der Waals surface area contributed by atoms with Gasteiger partial charge in [-0.3, -0.25) is 0 Å². The first-order valence-electron chi connectivity index (χ1n) is 6.70. The summed E-state index contributed by atoms with van der Waals surface area (Å²) in [6.07, 6.45) is 5.88. The van der Waals surface area contributed by atoms with Crippen molar-refractivity contribution in [1.29, 1.82) is 0 Å². The highest BCUT2D eigenvalue weighted by Gasteiger charge is 2.51.